The van der Waals surface area contributed by atoms with Crippen molar-refractivity contribution in [2.45, 2.75) is 66.5 Å². The molecule has 4 rings (SSSR count). The monoisotopic (exact) mass is 551 g/mol. The zero-order valence-electron chi connectivity index (χ0n) is 25.9. The lowest BCUT2D eigenvalue weighted by Crippen LogP contribution is -2.17. The van der Waals surface area contributed by atoms with Crippen molar-refractivity contribution in [3.63, 3.8) is 0 Å². The van der Waals surface area contributed by atoms with Gasteiger partial charge in [0.25, 0.3) is 0 Å². The highest BCUT2D eigenvalue weighted by atomic mass is 15.1. The van der Waals surface area contributed by atoms with Crippen LogP contribution in [0, 0.1) is 17.8 Å². The molecule has 0 saturated carbocycles. The number of aryl methyl sites for hydroxylation is 2. The molecule has 9 heteroatoms. The summed E-state index contributed by atoms with van der Waals surface area (Å²) in [4.78, 5) is 17.2. The van der Waals surface area contributed by atoms with Crippen LogP contribution in [0.2, 0.25) is 0 Å². The normalized spacial score (nSPS) is 13.3. The van der Waals surface area contributed by atoms with Gasteiger partial charge in [0.2, 0.25) is 0 Å². The highest BCUT2D eigenvalue weighted by Gasteiger charge is 2.06. The number of pyridine rings is 2. The summed E-state index contributed by atoms with van der Waals surface area (Å²) in [6, 6.07) is 7.94. The molecule has 222 valence electrons. The Bertz CT molecular complexity index is 1090. The summed E-state index contributed by atoms with van der Waals surface area (Å²) in [5.74, 6) is 2.20. The lowest BCUT2D eigenvalue weighted by molar-refractivity contribution is 0.466. The van der Waals surface area contributed by atoms with Crippen LogP contribution in [0.4, 0.5) is 0 Å². The van der Waals surface area contributed by atoms with Crippen molar-refractivity contribution in [1.29, 1.82) is 0 Å². The van der Waals surface area contributed by atoms with Gasteiger partial charge >= 0.3 is 0 Å². The van der Waals surface area contributed by atoms with Gasteiger partial charge < -0.3 is 25.1 Å². The molecule has 0 aromatic carbocycles. The highest BCUT2D eigenvalue weighted by Crippen LogP contribution is 2.12. The number of hydrogen-bond donors (Lipinski definition) is 3. The number of aromatic nitrogens is 6. The van der Waals surface area contributed by atoms with Gasteiger partial charge in [0.15, 0.2) is 11.3 Å². The third-order valence-corrected chi connectivity index (χ3v) is 6.93. The third-order valence-electron chi connectivity index (χ3n) is 6.93. The maximum absolute atomic E-state index is 4.35. The van der Waals surface area contributed by atoms with Crippen LogP contribution in [0.25, 0.3) is 22.3 Å². The Morgan fingerprint density at radius 2 is 1.23 bits per heavy atom. The smallest absolute Gasteiger partial charge is 0.177 e. The Morgan fingerprint density at radius 1 is 0.675 bits per heavy atom. The van der Waals surface area contributed by atoms with Crippen LogP contribution < -0.4 is 16.0 Å². The molecule has 0 radical (unpaired) electrons. The molecule has 0 aliphatic carbocycles. The van der Waals surface area contributed by atoms with Gasteiger partial charge in [0.1, 0.15) is 5.52 Å². The van der Waals surface area contributed by atoms with Gasteiger partial charge in [-0.1, -0.05) is 34.1 Å². The molecule has 0 aliphatic rings. The Morgan fingerprint density at radius 3 is 1.85 bits per heavy atom. The third kappa shape index (κ3) is 11.7. The second kappa shape index (κ2) is 19.2. The molecule has 3 atom stereocenters. The van der Waals surface area contributed by atoms with Crippen LogP contribution in [-0.4, -0.2) is 69.8 Å². The summed E-state index contributed by atoms with van der Waals surface area (Å²) < 4.78 is 4.30. The van der Waals surface area contributed by atoms with E-state index in [0.717, 1.165) is 73.8 Å². The predicted octanol–water partition coefficient (Wildman–Crippen LogP) is 5.00. The van der Waals surface area contributed by atoms with E-state index in [1.165, 1.54) is 12.8 Å². The first kappa shape index (κ1) is 33.3. The zero-order valence-corrected chi connectivity index (χ0v) is 25.9. The largest absolute Gasteiger partial charge is 0.329 e. The topological polar surface area (TPSA) is 97.5 Å². The van der Waals surface area contributed by atoms with Crippen molar-refractivity contribution < 1.29 is 0 Å². The summed E-state index contributed by atoms with van der Waals surface area (Å²) in [7, 11) is 5.99. The number of imidazole rings is 2. The molecule has 0 spiro atoms. The summed E-state index contributed by atoms with van der Waals surface area (Å²) in [6.45, 7) is 14.3. The van der Waals surface area contributed by atoms with Crippen molar-refractivity contribution in [3.8, 4) is 0 Å². The molecule has 0 bridgehead atoms. The van der Waals surface area contributed by atoms with Gasteiger partial charge in [-0.3, -0.25) is 0 Å². The molecule has 0 saturated heterocycles. The molecule has 4 heterocycles. The van der Waals surface area contributed by atoms with Crippen molar-refractivity contribution in [2.75, 3.05) is 40.8 Å². The molecule has 0 fully saturated rings. The molecule has 3 unspecified atom stereocenters. The number of nitrogens with one attached hydrogen (secondary N) is 3. The second-order valence-electron chi connectivity index (χ2n) is 10.9. The van der Waals surface area contributed by atoms with Gasteiger partial charge in [-0.25, -0.2) is 19.9 Å². The molecule has 9 nitrogen and oxygen atoms in total. The van der Waals surface area contributed by atoms with Crippen LogP contribution >= 0.6 is 0 Å². The van der Waals surface area contributed by atoms with Gasteiger partial charge in [0.05, 0.1) is 18.2 Å². The SMILES string of the molecule is CCCC(C)CNC.CNCC(C)CCn1cnc2cccnc21.CNCC(C)CCn1cnc2ncccc21. The van der Waals surface area contributed by atoms with Crippen molar-refractivity contribution in [3.05, 3.63) is 49.3 Å². The Hall–Kier alpha value is -2.88. The minimum Gasteiger partial charge on any atom is -0.329 e. The van der Waals surface area contributed by atoms with Crippen LogP contribution in [0.15, 0.2) is 49.3 Å². The molecule has 0 amide bonds. The molecule has 40 heavy (non-hydrogen) atoms. The number of fused-ring (bicyclic) bond motifs is 2. The van der Waals surface area contributed by atoms with E-state index in [2.05, 4.69) is 78.8 Å². The van der Waals surface area contributed by atoms with Crippen LogP contribution in [-0.2, 0) is 13.1 Å². The maximum Gasteiger partial charge on any atom is 0.177 e. The van der Waals surface area contributed by atoms with E-state index in [0.29, 0.717) is 11.8 Å². The Kier molecular flexibility index (Phi) is 16.0. The summed E-state index contributed by atoms with van der Waals surface area (Å²) in [5.41, 5.74) is 3.92. The number of hydrogen-bond acceptors (Lipinski definition) is 7. The molecule has 4 aromatic rings. The standard InChI is InChI=1S/2C12H18N4.C7H17N/c1-10(8-13-2)5-7-16-9-15-12-11(16)4-3-6-14-12;1-10(8-13-2)5-7-16-9-15-11-4-3-6-14-12(11)16;1-4-5-7(2)6-8-3/h2*3-4,6,9-10,13H,5,7-8H2,1-2H3;7-8H,4-6H2,1-3H3. The van der Waals surface area contributed by atoms with Crippen LogP contribution in [0.5, 0.6) is 0 Å². The van der Waals surface area contributed by atoms with E-state index in [4.69, 9.17) is 0 Å². The van der Waals surface area contributed by atoms with E-state index in [-0.39, 0.29) is 0 Å². The molecule has 3 N–H and O–H groups in total. The predicted molar refractivity (Wildman–Crippen MR) is 168 cm³/mol. The average Bonchev–Trinajstić information content (AvgIpc) is 3.56. The average molecular weight is 552 g/mol. The van der Waals surface area contributed by atoms with E-state index in [1.54, 1.807) is 6.20 Å². The number of rotatable bonds is 14. The first-order valence-corrected chi connectivity index (χ1v) is 14.9. The van der Waals surface area contributed by atoms with Gasteiger partial charge in [-0.2, -0.15) is 0 Å². The molecular weight excluding hydrogens is 498 g/mol. The Labute approximate surface area is 241 Å². The molecule has 4 aromatic heterocycles. The lowest BCUT2D eigenvalue weighted by atomic mass is 10.1. The minimum absolute atomic E-state index is 0.672. The van der Waals surface area contributed by atoms with Crippen molar-refractivity contribution >= 4 is 22.3 Å². The minimum atomic E-state index is 0.672. The van der Waals surface area contributed by atoms with E-state index in [1.807, 2.05) is 58.2 Å². The highest BCUT2D eigenvalue weighted by molar-refractivity contribution is 5.70. The Balaban J connectivity index is 0.000000224. The van der Waals surface area contributed by atoms with E-state index in [9.17, 15) is 0 Å². The van der Waals surface area contributed by atoms with Gasteiger partial charge in [0, 0.05) is 25.5 Å². The van der Waals surface area contributed by atoms with Crippen molar-refractivity contribution in [2.24, 2.45) is 17.8 Å². The van der Waals surface area contributed by atoms with E-state index < -0.39 is 0 Å². The maximum atomic E-state index is 4.35. The fourth-order valence-electron chi connectivity index (χ4n) is 4.70. The summed E-state index contributed by atoms with van der Waals surface area (Å²) in [6.07, 6.45) is 12.3. The van der Waals surface area contributed by atoms with Gasteiger partial charge in [-0.05, 0) is 102 Å². The second-order valence-corrected chi connectivity index (χ2v) is 10.9. The fourth-order valence-corrected chi connectivity index (χ4v) is 4.70. The zero-order chi connectivity index (χ0) is 29.2. The first-order valence-electron chi connectivity index (χ1n) is 14.9. The summed E-state index contributed by atoms with van der Waals surface area (Å²) in [5, 5.41) is 9.54. The van der Waals surface area contributed by atoms with Crippen LogP contribution in [0.1, 0.15) is 53.4 Å². The summed E-state index contributed by atoms with van der Waals surface area (Å²) >= 11 is 0. The molecular formula is C31H53N9. The van der Waals surface area contributed by atoms with Crippen LogP contribution in [0.3, 0.4) is 0 Å². The van der Waals surface area contributed by atoms with Gasteiger partial charge in [-0.15, -0.1) is 0 Å². The quantitative estimate of drug-likeness (QED) is 0.203. The number of nitrogens with zero attached hydrogens (tertiary/aromatic N) is 6. The fraction of sp³-hybridized carbons (Fsp3) is 0.613. The lowest BCUT2D eigenvalue weighted by Gasteiger charge is -2.11. The molecule has 0 aliphatic heterocycles. The first-order chi connectivity index (χ1) is 19.4. The van der Waals surface area contributed by atoms with Crippen molar-refractivity contribution in [1.82, 2.24) is 45.0 Å². The van der Waals surface area contributed by atoms with E-state index >= 15 is 0 Å².